The third-order valence-corrected chi connectivity index (χ3v) is 2.26. The van der Waals surface area contributed by atoms with Crippen LogP contribution in [-0.4, -0.2) is 10.1 Å². The molecule has 1 unspecified atom stereocenters. The van der Waals surface area contributed by atoms with Crippen molar-refractivity contribution in [3.8, 4) is 11.5 Å². The summed E-state index contributed by atoms with van der Waals surface area (Å²) in [5.41, 5.74) is 2.68. The van der Waals surface area contributed by atoms with E-state index in [1.165, 1.54) is 0 Å². The maximum absolute atomic E-state index is 9.35. The maximum Gasteiger partial charge on any atom is 0.226 e. The molecule has 0 fully saturated rings. The van der Waals surface area contributed by atoms with Crippen molar-refractivity contribution >= 4 is 0 Å². The van der Waals surface area contributed by atoms with Gasteiger partial charge in [-0.2, -0.15) is 0 Å². The maximum atomic E-state index is 9.35. The van der Waals surface area contributed by atoms with Gasteiger partial charge in [-0.05, 0) is 31.5 Å². The molecule has 3 heteroatoms. The number of hydrogen-bond donors (Lipinski definition) is 1. The smallest absolute Gasteiger partial charge is 0.226 e. The largest absolute Gasteiger partial charge is 0.444 e. The minimum atomic E-state index is -0.439. The molecule has 0 aliphatic carbocycles. The van der Waals surface area contributed by atoms with Gasteiger partial charge in [0.15, 0.2) is 0 Å². The first kappa shape index (κ1) is 9.93. The van der Waals surface area contributed by atoms with E-state index in [-0.39, 0.29) is 0 Å². The van der Waals surface area contributed by atoms with Gasteiger partial charge in [0.1, 0.15) is 6.26 Å². The van der Waals surface area contributed by atoms with Crippen LogP contribution in [0.3, 0.4) is 0 Å². The lowest BCUT2D eigenvalue weighted by Crippen LogP contribution is -1.90. The summed E-state index contributed by atoms with van der Waals surface area (Å²) in [5, 5.41) is 9.35. The van der Waals surface area contributed by atoms with Crippen LogP contribution in [0.25, 0.3) is 11.5 Å². The number of aryl methyl sites for hydroxylation is 1. The summed E-state index contributed by atoms with van der Waals surface area (Å²) in [5.74, 6) is 0.615. The Morgan fingerprint density at radius 1 is 1.27 bits per heavy atom. The molecule has 3 nitrogen and oxygen atoms in total. The highest BCUT2D eigenvalue weighted by atomic mass is 16.3. The predicted octanol–water partition coefficient (Wildman–Crippen LogP) is 2.70. The number of aliphatic hydroxyl groups is 1. The third kappa shape index (κ3) is 2.07. The fourth-order valence-corrected chi connectivity index (χ4v) is 1.39. The van der Waals surface area contributed by atoms with E-state index in [0.29, 0.717) is 5.89 Å². The third-order valence-electron chi connectivity index (χ3n) is 2.26. The zero-order valence-electron chi connectivity index (χ0n) is 8.77. The van der Waals surface area contributed by atoms with Crippen LogP contribution in [0.2, 0.25) is 0 Å². The molecule has 2 rings (SSSR count). The van der Waals surface area contributed by atoms with Crippen molar-refractivity contribution in [1.82, 2.24) is 4.98 Å². The van der Waals surface area contributed by atoms with Gasteiger partial charge < -0.3 is 9.52 Å². The SMILES string of the molecule is Cc1coc(-c2ccc(C(C)O)cc2)n1. The first-order valence-corrected chi connectivity index (χ1v) is 4.87. The van der Waals surface area contributed by atoms with Crippen molar-refractivity contribution < 1.29 is 9.52 Å². The number of benzene rings is 1. The second kappa shape index (κ2) is 3.87. The molecule has 1 N–H and O–H groups in total. The van der Waals surface area contributed by atoms with Crippen LogP contribution >= 0.6 is 0 Å². The summed E-state index contributed by atoms with van der Waals surface area (Å²) in [7, 11) is 0. The molecular weight excluding hydrogens is 190 g/mol. The summed E-state index contributed by atoms with van der Waals surface area (Å²) in [6.45, 7) is 3.63. The molecule has 0 saturated heterocycles. The van der Waals surface area contributed by atoms with Gasteiger partial charge >= 0.3 is 0 Å². The van der Waals surface area contributed by atoms with Gasteiger partial charge in [0.05, 0.1) is 11.8 Å². The quantitative estimate of drug-likeness (QED) is 0.816. The average Bonchev–Trinajstić information content (AvgIpc) is 2.65. The van der Waals surface area contributed by atoms with E-state index in [2.05, 4.69) is 4.98 Å². The number of rotatable bonds is 2. The lowest BCUT2D eigenvalue weighted by Gasteiger charge is -2.04. The highest BCUT2D eigenvalue weighted by Gasteiger charge is 2.05. The van der Waals surface area contributed by atoms with Crippen molar-refractivity contribution in [3.05, 3.63) is 41.8 Å². The molecule has 0 aliphatic heterocycles. The lowest BCUT2D eigenvalue weighted by atomic mass is 10.1. The Kier molecular flexibility index (Phi) is 2.56. The van der Waals surface area contributed by atoms with Crippen molar-refractivity contribution in [2.24, 2.45) is 0 Å². The second-order valence-electron chi connectivity index (χ2n) is 3.59. The van der Waals surface area contributed by atoms with E-state index in [9.17, 15) is 5.11 Å². The monoisotopic (exact) mass is 203 g/mol. The zero-order chi connectivity index (χ0) is 10.8. The zero-order valence-corrected chi connectivity index (χ0v) is 8.77. The Morgan fingerprint density at radius 3 is 2.40 bits per heavy atom. The Morgan fingerprint density at radius 2 is 1.93 bits per heavy atom. The van der Waals surface area contributed by atoms with Crippen molar-refractivity contribution in [2.75, 3.05) is 0 Å². The van der Waals surface area contributed by atoms with Crippen LogP contribution in [0.4, 0.5) is 0 Å². The standard InChI is InChI=1S/C12H13NO2/c1-8-7-15-12(13-8)11-5-3-10(4-6-11)9(2)14/h3-7,9,14H,1-2H3. The van der Waals surface area contributed by atoms with Crippen LogP contribution in [-0.2, 0) is 0 Å². The normalized spacial score (nSPS) is 12.7. The van der Waals surface area contributed by atoms with Gasteiger partial charge in [-0.1, -0.05) is 12.1 Å². The van der Waals surface area contributed by atoms with E-state index in [4.69, 9.17) is 4.42 Å². The van der Waals surface area contributed by atoms with Gasteiger partial charge in [0.25, 0.3) is 0 Å². The van der Waals surface area contributed by atoms with Crippen LogP contribution < -0.4 is 0 Å². The van der Waals surface area contributed by atoms with Crippen molar-refractivity contribution in [1.29, 1.82) is 0 Å². The fraction of sp³-hybridized carbons (Fsp3) is 0.250. The Bertz CT molecular complexity index is 443. The first-order valence-electron chi connectivity index (χ1n) is 4.87. The summed E-state index contributed by atoms with van der Waals surface area (Å²) in [4.78, 5) is 4.23. The van der Waals surface area contributed by atoms with Gasteiger partial charge in [0.2, 0.25) is 5.89 Å². The molecule has 15 heavy (non-hydrogen) atoms. The van der Waals surface area contributed by atoms with Gasteiger partial charge in [-0.3, -0.25) is 0 Å². The molecule has 1 aromatic carbocycles. The van der Waals surface area contributed by atoms with Crippen LogP contribution in [0.5, 0.6) is 0 Å². The second-order valence-corrected chi connectivity index (χ2v) is 3.59. The van der Waals surface area contributed by atoms with E-state index >= 15 is 0 Å². The Balaban J connectivity index is 2.31. The first-order chi connectivity index (χ1) is 7.16. The highest BCUT2D eigenvalue weighted by Crippen LogP contribution is 2.21. The minimum Gasteiger partial charge on any atom is -0.444 e. The van der Waals surface area contributed by atoms with Crippen LogP contribution in [0.15, 0.2) is 34.9 Å². The van der Waals surface area contributed by atoms with E-state index < -0.39 is 6.10 Å². The Hall–Kier alpha value is -1.61. The molecule has 0 amide bonds. The van der Waals surface area contributed by atoms with Crippen molar-refractivity contribution in [2.45, 2.75) is 20.0 Å². The Labute approximate surface area is 88.4 Å². The number of hydrogen-bond acceptors (Lipinski definition) is 3. The molecule has 2 aromatic rings. The lowest BCUT2D eigenvalue weighted by molar-refractivity contribution is 0.199. The molecule has 0 saturated carbocycles. The number of aromatic nitrogens is 1. The van der Waals surface area contributed by atoms with E-state index in [1.807, 2.05) is 31.2 Å². The number of aliphatic hydroxyl groups excluding tert-OH is 1. The molecule has 0 aliphatic rings. The summed E-state index contributed by atoms with van der Waals surface area (Å²) < 4.78 is 5.28. The molecule has 1 heterocycles. The minimum absolute atomic E-state index is 0.439. The molecule has 0 spiro atoms. The van der Waals surface area contributed by atoms with Gasteiger partial charge in [-0.25, -0.2) is 4.98 Å². The molecular formula is C12H13NO2. The molecule has 0 radical (unpaired) electrons. The highest BCUT2D eigenvalue weighted by molar-refractivity contribution is 5.53. The van der Waals surface area contributed by atoms with E-state index in [1.54, 1.807) is 13.2 Å². The summed E-state index contributed by atoms with van der Waals surface area (Å²) >= 11 is 0. The molecule has 0 bridgehead atoms. The van der Waals surface area contributed by atoms with Gasteiger partial charge in [-0.15, -0.1) is 0 Å². The molecule has 1 aromatic heterocycles. The van der Waals surface area contributed by atoms with Crippen molar-refractivity contribution in [3.63, 3.8) is 0 Å². The number of oxazole rings is 1. The van der Waals surface area contributed by atoms with E-state index in [0.717, 1.165) is 16.8 Å². The number of nitrogens with zero attached hydrogens (tertiary/aromatic N) is 1. The molecule has 78 valence electrons. The topological polar surface area (TPSA) is 46.3 Å². The predicted molar refractivity (Wildman–Crippen MR) is 57.3 cm³/mol. The van der Waals surface area contributed by atoms with Crippen LogP contribution in [0.1, 0.15) is 24.3 Å². The summed E-state index contributed by atoms with van der Waals surface area (Å²) in [6.07, 6.45) is 1.18. The molecule has 1 atom stereocenters. The van der Waals surface area contributed by atoms with Gasteiger partial charge in [0, 0.05) is 5.56 Å². The summed E-state index contributed by atoms with van der Waals surface area (Å²) in [6, 6.07) is 7.54. The fourth-order valence-electron chi connectivity index (χ4n) is 1.39. The average molecular weight is 203 g/mol. The van der Waals surface area contributed by atoms with Crippen LogP contribution in [0, 0.1) is 6.92 Å².